The second-order valence-corrected chi connectivity index (χ2v) is 3.79. The van der Waals surface area contributed by atoms with Crippen molar-refractivity contribution in [1.82, 2.24) is 4.98 Å². The van der Waals surface area contributed by atoms with E-state index in [0.717, 1.165) is 10.8 Å². The lowest BCUT2D eigenvalue weighted by atomic mass is 10.3. The second-order valence-electron chi connectivity index (χ2n) is 2.93. The molecule has 0 aliphatic carbocycles. The fraction of sp³-hybridized carbons (Fsp3) is 0.500. The van der Waals surface area contributed by atoms with Crippen molar-refractivity contribution in [3.8, 4) is 0 Å². The molecule has 66 valence electrons. The molecule has 0 amide bonds. The maximum atomic E-state index is 4.20. The molecule has 3 nitrogen and oxygen atoms in total. The van der Waals surface area contributed by atoms with Crippen LogP contribution in [0.4, 0.5) is 5.13 Å². The number of nitrogens with zero attached hydrogens (tertiary/aromatic N) is 2. The average Bonchev–Trinajstić information content (AvgIpc) is 2.35. The number of rotatable bonds is 3. The first-order valence-corrected chi connectivity index (χ1v) is 4.78. The molecule has 0 aliphatic heterocycles. The smallest absolute Gasteiger partial charge is 0.203 e. The lowest BCUT2D eigenvalue weighted by Gasteiger charge is -1.94. The van der Waals surface area contributed by atoms with Gasteiger partial charge in [-0.3, -0.25) is 5.43 Å². The van der Waals surface area contributed by atoms with Crippen molar-refractivity contribution in [3.63, 3.8) is 0 Å². The van der Waals surface area contributed by atoms with Crippen LogP contribution in [0.25, 0.3) is 0 Å². The summed E-state index contributed by atoms with van der Waals surface area (Å²) in [6.07, 6.45) is 1.86. The number of hydrazone groups is 1. The first kappa shape index (κ1) is 9.19. The van der Waals surface area contributed by atoms with Crippen LogP contribution in [0.3, 0.4) is 0 Å². The maximum absolute atomic E-state index is 4.20. The summed E-state index contributed by atoms with van der Waals surface area (Å²) in [5, 5.41) is 6.87. The van der Waals surface area contributed by atoms with Crippen molar-refractivity contribution < 1.29 is 0 Å². The first-order valence-electron chi connectivity index (χ1n) is 3.90. The Bertz CT molecular complexity index is 265. The third kappa shape index (κ3) is 3.00. The summed E-state index contributed by atoms with van der Waals surface area (Å²) in [4.78, 5) is 4.20. The lowest BCUT2D eigenvalue weighted by molar-refractivity contribution is 0.903. The number of hydrogen-bond acceptors (Lipinski definition) is 4. The topological polar surface area (TPSA) is 37.3 Å². The number of thiazole rings is 1. The van der Waals surface area contributed by atoms with Gasteiger partial charge in [0, 0.05) is 11.6 Å². The molecule has 0 saturated heterocycles. The summed E-state index contributed by atoms with van der Waals surface area (Å²) in [5.74, 6) is 0.471. The van der Waals surface area contributed by atoms with E-state index in [1.54, 1.807) is 11.3 Å². The molecule has 0 atom stereocenters. The van der Waals surface area contributed by atoms with E-state index in [1.165, 1.54) is 0 Å². The Kier molecular flexibility index (Phi) is 3.22. The van der Waals surface area contributed by atoms with Crippen LogP contribution in [0.2, 0.25) is 0 Å². The third-order valence-electron chi connectivity index (χ3n) is 1.15. The number of anilines is 1. The predicted molar refractivity (Wildman–Crippen MR) is 53.8 cm³/mol. The molecule has 0 spiro atoms. The highest BCUT2D eigenvalue weighted by Gasteiger charge is 1.94. The molecule has 0 fully saturated rings. The summed E-state index contributed by atoms with van der Waals surface area (Å²) in [5.41, 5.74) is 3.90. The van der Waals surface area contributed by atoms with Crippen molar-refractivity contribution >= 4 is 22.7 Å². The summed E-state index contributed by atoms with van der Waals surface area (Å²) >= 11 is 1.57. The molecular weight excluding hydrogens is 170 g/mol. The molecule has 1 aromatic heterocycles. The molecule has 0 radical (unpaired) electrons. The molecular formula is C8H13N3S. The van der Waals surface area contributed by atoms with Crippen molar-refractivity contribution in [1.29, 1.82) is 0 Å². The van der Waals surface area contributed by atoms with Crippen LogP contribution < -0.4 is 5.43 Å². The highest BCUT2D eigenvalue weighted by Crippen LogP contribution is 2.13. The lowest BCUT2D eigenvalue weighted by Crippen LogP contribution is -1.93. The molecule has 1 N–H and O–H groups in total. The van der Waals surface area contributed by atoms with Gasteiger partial charge in [0.05, 0.1) is 5.69 Å². The van der Waals surface area contributed by atoms with E-state index in [0.29, 0.717) is 5.92 Å². The van der Waals surface area contributed by atoms with Gasteiger partial charge in [0.2, 0.25) is 5.13 Å². The van der Waals surface area contributed by atoms with Gasteiger partial charge in [-0.05, 0) is 12.8 Å². The van der Waals surface area contributed by atoms with Crippen LogP contribution in [0.1, 0.15) is 19.5 Å². The van der Waals surface area contributed by atoms with Crippen molar-refractivity contribution in [2.24, 2.45) is 11.0 Å². The zero-order chi connectivity index (χ0) is 8.97. The Labute approximate surface area is 76.5 Å². The molecule has 0 aromatic carbocycles. The van der Waals surface area contributed by atoms with Crippen LogP contribution in [-0.2, 0) is 0 Å². The van der Waals surface area contributed by atoms with Gasteiger partial charge in [0.15, 0.2) is 0 Å². The molecule has 1 heterocycles. The zero-order valence-corrected chi connectivity index (χ0v) is 8.35. The first-order chi connectivity index (χ1) is 5.68. The van der Waals surface area contributed by atoms with Gasteiger partial charge >= 0.3 is 0 Å². The van der Waals surface area contributed by atoms with Gasteiger partial charge in [0.25, 0.3) is 0 Å². The Balaban J connectivity index is 2.43. The molecule has 12 heavy (non-hydrogen) atoms. The van der Waals surface area contributed by atoms with Gasteiger partial charge in [-0.25, -0.2) is 4.98 Å². The van der Waals surface area contributed by atoms with E-state index in [1.807, 2.05) is 18.5 Å². The normalized spacial score (nSPS) is 11.3. The predicted octanol–water partition coefficient (Wildman–Crippen LogP) is 2.51. The number of aryl methyl sites for hydroxylation is 1. The van der Waals surface area contributed by atoms with E-state index in [4.69, 9.17) is 0 Å². The van der Waals surface area contributed by atoms with Crippen molar-refractivity contribution in [2.75, 3.05) is 5.43 Å². The maximum Gasteiger partial charge on any atom is 0.203 e. The van der Waals surface area contributed by atoms with Gasteiger partial charge < -0.3 is 0 Å². The van der Waals surface area contributed by atoms with Crippen LogP contribution in [0, 0.1) is 12.8 Å². The van der Waals surface area contributed by atoms with E-state index in [2.05, 4.69) is 29.4 Å². The Morgan fingerprint density at radius 3 is 2.92 bits per heavy atom. The summed E-state index contributed by atoms with van der Waals surface area (Å²) in [6, 6.07) is 0. The van der Waals surface area contributed by atoms with Crippen molar-refractivity contribution in [3.05, 3.63) is 11.1 Å². The number of aromatic nitrogens is 1. The fourth-order valence-corrected chi connectivity index (χ4v) is 1.28. The van der Waals surface area contributed by atoms with E-state index < -0.39 is 0 Å². The van der Waals surface area contributed by atoms with E-state index in [9.17, 15) is 0 Å². The minimum Gasteiger partial charge on any atom is -0.253 e. The Morgan fingerprint density at radius 1 is 1.67 bits per heavy atom. The summed E-state index contributed by atoms with van der Waals surface area (Å²) in [6.45, 7) is 6.13. The third-order valence-corrected chi connectivity index (χ3v) is 2.02. The van der Waals surface area contributed by atoms with Gasteiger partial charge in [-0.2, -0.15) is 5.10 Å². The quantitative estimate of drug-likeness (QED) is 0.577. The molecule has 1 aromatic rings. The average molecular weight is 183 g/mol. The van der Waals surface area contributed by atoms with Gasteiger partial charge in [-0.15, -0.1) is 11.3 Å². The molecule has 0 saturated carbocycles. The standard InChI is InChI=1S/C8H13N3S/c1-6(2)4-9-11-8-10-7(3)5-12-8/h4-6H,1-3H3,(H,10,11)/b9-4+. The van der Waals surface area contributed by atoms with Crippen molar-refractivity contribution in [2.45, 2.75) is 20.8 Å². The van der Waals surface area contributed by atoms with E-state index in [-0.39, 0.29) is 0 Å². The summed E-state index contributed by atoms with van der Waals surface area (Å²) < 4.78 is 0. The van der Waals surface area contributed by atoms with Gasteiger partial charge in [-0.1, -0.05) is 13.8 Å². The molecule has 1 rings (SSSR count). The molecule has 0 aliphatic rings. The fourth-order valence-electron chi connectivity index (χ4n) is 0.647. The minimum atomic E-state index is 0.471. The largest absolute Gasteiger partial charge is 0.253 e. The van der Waals surface area contributed by atoms with E-state index >= 15 is 0 Å². The van der Waals surface area contributed by atoms with Gasteiger partial charge in [0.1, 0.15) is 0 Å². The van der Waals surface area contributed by atoms with Crippen LogP contribution >= 0.6 is 11.3 Å². The Morgan fingerprint density at radius 2 is 2.42 bits per heavy atom. The molecule has 0 bridgehead atoms. The van der Waals surface area contributed by atoms with Crippen LogP contribution in [0.5, 0.6) is 0 Å². The molecule has 4 heteroatoms. The number of hydrogen-bond donors (Lipinski definition) is 1. The van der Waals surface area contributed by atoms with Crippen LogP contribution in [-0.4, -0.2) is 11.2 Å². The highest BCUT2D eigenvalue weighted by molar-refractivity contribution is 7.13. The SMILES string of the molecule is Cc1csc(N/N=C/C(C)C)n1. The monoisotopic (exact) mass is 183 g/mol. The number of nitrogens with one attached hydrogen (secondary N) is 1. The zero-order valence-electron chi connectivity index (χ0n) is 7.53. The second kappa shape index (κ2) is 4.21. The Hall–Kier alpha value is -0.900. The molecule has 0 unspecified atom stereocenters. The van der Waals surface area contributed by atoms with Crippen LogP contribution in [0.15, 0.2) is 10.5 Å². The minimum absolute atomic E-state index is 0.471. The summed E-state index contributed by atoms with van der Waals surface area (Å²) in [7, 11) is 0. The highest BCUT2D eigenvalue weighted by atomic mass is 32.1.